The van der Waals surface area contributed by atoms with Crippen LogP contribution in [0.3, 0.4) is 0 Å². The fourth-order valence-electron chi connectivity index (χ4n) is 2.79. The molecule has 0 bridgehead atoms. The smallest absolute Gasteiger partial charge is 0.271 e. The fraction of sp³-hybridized carbons (Fsp3) is 0.500. The number of para-hydroxylation sites is 1. The molecule has 1 amide bonds. The normalized spacial score (nSPS) is 12.4. The van der Waals surface area contributed by atoms with Crippen LogP contribution in [0.15, 0.2) is 36.8 Å². The molecule has 2 atom stereocenters. The number of rotatable bonds is 11. The number of hydrogen-bond donors (Lipinski definition) is 3. The van der Waals surface area contributed by atoms with Gasteiger partial charge in [0.2, 0.25) is 0 Å². The lowest BCUT2D eigenvalue weighted by atomic mass is 10.0. The predicted molar refractivity (Wildman–Crippen MR) is 119 cm³/mol. The van der Waals surface area contributed by atoms with Crippen LogP contribution in [0.25, 0.3) is 0 Å². The zero-order valence-corrected chi connectivity index (χ0v) is 18.8. The number of nitrogens with one attached hydrogen (secondary N) is 2. The van der Waals surface area contributed by atoms with Crippen molar-refractivity contribution >= 4 is 30.7 Å². The average molecular weight is 447 g/mol. The molecule has 1 aromatic carbocycles. The van der Waals surface area contributed by atoms with Crippen LogP contribution in [-0.4, -0.2) is 65.3 Å². The molecule has 0 aliphatic carbocycles. The molecular formula is C20H32Cl2N4O3. The van der Waals surface area contributed by atoms with E-state index in [4.69, 9.17) is 4.74 Å². The molecule has 164 valence electrons. The van der Waals surface area contributed by atoms with Gasteiger partial charge >= 0.3 is 0 Å². The summed E-state index contributed by atoms with van der Waals surface area (Å²) in [5, 5.41) is 12.9. The molecule has 29 heavy (non-hydrogen) atoms. The maximum atomic E-state index is 12.2. The average Bonchev–Trinajstić information content (AvgIpc) is 3.17. The third kappa shape index (κ3) is 9.49. The number of hydrogen-bond acceptors (Lipinski definition) is 5. The minimum atomic E-state index is -0.666. The van der Waals surface area contributed by atoms with Crippen molar-refractivity contribution in [2.24, 2.45) is 0 Å². The molecule has 1 aromatic heterocycles. The molecule has 2 aromatic rings. The SMILES string of the molecule is C[C@H](O)[C@@H](CCc1ccccc1OCCCN(C)C)NC(=O)c1c[nH]cn1.Cl.Cl. The Morgan fingerprint density at radius 3 is 2.66 bits per heavy atom. The first-order valence-electron chi connectivity index (χ1n) is 9.30. The quantitative estimate of drug-likeness (QED) is 0.461. The van der Waals surface area contributed by atoms with Crippen molar-refractivity contribution in [2.45, 2.75) is 38.3 Å². The number of benzene rings is 1. The Kier molecular flexibility index (Phi) is 13.3. The van der Waals surface area contributed by atoms with E-state index in [0.717, 1.165) is 24.3 Å². The lowest BCUT2D eigenvalue weighted by Gasteiger charge is -2.21. The molecule has 0 unspecified atom stereocenters. The molecule has 0 fully saturated rings. The molecule has 2 rings (SSSR count). The number of aliphatic hydroxyl groups excluding tert-OH is 1. The summed E-state index contributed by atoms with van der Waals surface area (Å²) in [7, 11) is 4.09. The number of nitrogens with zero attached hydrogens (tertiary/aromatic N) is 2. The Morgan fingerprint density at radius 1 is 1.31 bits per heavy atom. The Morgan fingerprint density at radius 2 is 2.03 bits per heavy atom. The second-order valence-corrected chi connectivity index (χ2v) is 6.93. The Balaban J connectivity index is 0.00000392. The molecule has 9 heteroatoms. The van der Waals surface area contributed by atoms with Crippen molar-refractivity contribution in [3.05, 3.63) is 48.0 Å². The van der Waals surface area contributed by atoms with Gasteiger partial charge in [0.05, 0.1) is 25.1 Å². The van der Waals surface area contributed by atoms with E-state index in [1.807, 2.05) is 38.4 Å². The van der Waals surface area contributed by atoms with Crippen LogP contribution in [0.4, 0.5) is 0 Å². The van der Waals surface area contributed by atoms with Gasteiger partial charge in [-0.2, -0.15) is 0 Å². The van der Waals surface area contributed by atoms with Crippen molar-refractivity contribution in [3.8, 4) is 5.75 Å². The number of aryl methyl sites for hydroxylation is 1. The minimum absolute atomic E-state index is 0. The van der Waals surface area contributed by atoms with Gasteiger partial charge in [-0.1, -0.05) is 18.2 Å². The van der Waals surface area contributed by atoms with Gasteiger partial charge in [-0.05, 0) is 51.9 Å². The number of aromatic amines is 1. The number of amides is 1. The van der Waals surface area contributed by atoms with Crippen LogP contribution in [0.5, 0.6) is 5.75 Å². The van der Waals surface area contributed by atoms with Gasteiger partial charge in [0.1, 0.15) is 11.4 Å². The van der Waals surface area contributed by atoms with E-state index in [9.17, 15) is 9.90 Å². The standard InChI is InChI=1S/C20H30N4O3.2ClH/c1-15(25)17(23-20(26)18-13-21-14-22-18)10-9-16-7-4-5-8-19(16)27-12-6-11-24(2)3;;/h4-5,7-8,13-15,17,25H,6,9-12H2,1-3H3,(H,21,22)(H,23,26);2*1H/t15-,17+;;/m0../s1. The predicted octanol–water partition coefficient (Wildman–Crippen LogP) is 2.70. The molecule has 0 saturated carbocycles. The van der Waals surface area contributed by atoms with Crippen LogP contribution >= 0.6 is 24.8 Å². The lowest BCUT2D eigenvalue weighted by Crippen LogP contribution is -2.42. The highest BCUT2D eigenvalue weighted by atomic mass is 35.5. The molecule has 0 saturated heterocycles. The monoisotopic (exact) mass is 446 g/mol. The van der Waals surface area contributed by atoms with Gasteiger partial charge < -0.3 is 25.0 Å². The molecule has 0 radical (unpaired) electrons. The first-order chi connectivity index (χ1) is 13.0. The van der Waals surface area contributed by atoms with Crippen molar-refractivity contribution in [1.29, 1.82) is 0 Å². The molecule has 0 aliphatic rings. The van der Waals surface area contributed by atoms with Crippen LogP contribution < -0.4 is 10.1 Å². The van der Waals surface area contributed by atoms with Gasteiger partial charge in [0, 0.05) is 12.7 Å². The Hall–Kier alpha value is -1.80. The van der Waals surface area contributed by atoms with Crippen LogP contribution in [0.1, 0.15) is 35.8 Å². The first kappa shape index (κ1) is 27.2. The van der Waals surface area contributed by atoms with E-state index in [1.54, 1.807) is 6.92 Å². The Bertz CT molecular complexity index is 697. The summed E-state index contributed by atoms with van der Waals surface area (Å²) >= 11 is 0. The van der Waals surface area contributed by atoms with Crippen molar-refractivity contribution in [3.63, 3.8) is 0 Å². The zero-order chi connectivity index (χ0) is 19.6. The number of aliphatic hydroxyl groups is 1. The fourth-order valence-corrected chi connectivity index (χ4v) is 2.79. The van der Waals surface area contributed by atoms with Gasteiger partial charge in [-0.15, -0.1) is 24.8 Å². The van der Waals surface area contributed by atoms with Gasteiger partial charge in [-0.3, -0.25) is 4.79 Å². The highest BCUT2D eigenvalue weighted by Gasteiger charge is 2.20. The van der Waals surface area contributed by atoms with Crippen LogP contribution in [0, 0.1) is 0 Å². The largest absolute Gasteiger partial charge is 0.493 e. The number of carbonyl (C=O) groups excluding carboxylic acids is 1. The number of imidazole rings is 1. The van der Waals surface area contributed by atoms with Crippen molar-refractivity contribution in [2.75, 3.05) is 27.2 Å². The van der Waals surface area contributed by atoms with E-state index in [-0.39, 0.29) is 36.8 Å². The van der Waals surface area contributed by atoms with E-state index in [2.05, 4.69) is 20.2 Å². The number of H-pyrrole nitrogens is 1. The highest BCUT2D eigenvalue weighted by molar-refractivity contribution is 5.92. The van der Waals surface area contributed by atoms with Gasteiger partial charge in [0.15, 0.2) is 0 Å². The third-order valence-electron chi connectivity index (χ3n) is 4.33. The maximum Gasteiger partial charge on any atom is 0.271 e. The summed E-state index contributed by atoms with van der Waals surface area (Å²) < 4.78 is 5.93. The van der Waals surface area contributed by atoms with Crippen LogP contribution in [-0.2, 0) is 6.42 Å². The van der Waals surface area contributed by atoms with Crippen molar-refractivity contribution < 1.29 is 14.6 Å². The maximum absolute atomic E-state index is 12.2. The first-order valence-corrected chi connectivity index (χ1v) is 9.30. The summed E-state index contributed by atoms with van der Waals surface area (Å²) in [6, 6.07) is 7.55. The number of aromatic nitrogens is 2. The van der Waals surface area contributed by atoms with E-state index in [0.29, 0.717) is 25.1 Å². The molecule has 1 heterocycles. The van der Waals surface area contributed by atoms with E-state index < -0.39 is 6.10 Å². The summed E-state index contributed by atoms with van der Waals surface area (Å²) in [6.45, 7) is 3.32. The lowest BCUT2D eigenvalue weighted by molar-refractivity contribution is 0.0846. The summed E-state index contributed by atoms with van der Waals surface area (Å²) in [5.74, 6) is 0.564. The molecule has 0 spiro atoms. The summed E-state index contributed by atoms with van der Waals surface area (Å²) in [5.41, 5.74) is 1.38. The molecule has 3 N–H and O–H groups in total. The number of ether oxygens (including phenoxy) is 1. The van der Waals surface area contributed by atoms with E-state index in [1.165, 1.54) is 12.5 Å². The topological polar surface area (TPSA) is 90.5 Å². The zero-order valence-electron chi connectivity index (χ0n) is 17.1. The molecular weight excluding hydrogens is 415 g/mol. The van der Waals surface area contributed by atoms with Crippen molar-refractivity contribution in [1.82, 2.24) is 20.2 Å². The van der Waals surface area contributed by atoms with Gasteiger partial charge in [-0.25, -0.2) is 4.98 Å². The number of carbonyl (C=O) groups is 1. The third-order valence-corrected chi connectivity index (χ3v) is 4.33. The molecule has 0 aliphatic heterocycles. The number of halogens is 2. The second-order valence-electron chi connectivity index (χ2n) is 6.93. The van der Waals surface area contributed by atoms with E-state index >= 15 is 0 Å². The summed E-state index contributed by atoms with van der Waals surface area (Å²) in [6.07, 6.45) is 4.58. The summed E-state index contributed by atoms with van der Waals surface area (Å²) in [4.78, 5) is 21.0. The molecule has 7 nitrogen and oxygen atoms in total. The van der Waals surface area contributed by atoms with Crippen LogP contribution in [0.2, 0.25) is 0 Å². The second kappa shape index (κ2) is 14.2. The Labute approximate surface area is 185 Å². The minimum Gasteiger partial charge on any atom is -0.493 e. The highest BCUT2D eigenvalue weighted by Crippen LogP contribution is 2.21. The van der Waals surface area contributed by atoms with Gasteiger partial charge in [0.25, 0.3) is 5.91 Å².